The number of aryl methyl sites for hydroxylation is 3. The number of fused-ring (bicyclic) bond motifs is 3. The van der Waals surface area contributed by atoms with Gasteiger partial charge in [0, 0.05) is 16.5 Å². The number of hydrogen-bond donors (Lipinski definition) is 0. The van der Waals surface area contributed by atoms with Crippen LogP contribution in [0, 0.1) is 20.8 Å². The molecular formula is C21H19N. The Morgan fingerprint density at radius 2 is 1.36 bits per heavy atom. The van der Waals surface area contributed by atoms with Gasteiger partial charge in [-0.15, -0.1) is 0 Å². The van der Waals surface area contributed by atoms with E-state index in [9.17, 15) is 0 Å². The van der Waals surface area contributed by atoms with Gasteiger partial charge in [0.15, 0.2) is 0 Å². The SMILES string of the molecule is Cc1ccccc1-n1c2ccccc2c2ccc(C)c(C)c21. The Hall–Kier alpha value is -2.54. The van der Waals surface area contributed by atoms with Crippen LogP contribution in [-0.2, 0) is 0 Å². The number of para-hydroxylation sites is 2. The molecule has 4 aromatic rings. The average Bonchev–Trinajstić information content (AvgIpc) is 2.87. The van der Waals surface area contributed by atoms with Gasteiger partial charge in [0.1, 0.15) is 0 Å². The van der Waals surface area contributed by atoms with Crippen molar-refractivity contribution in [3.63, 3.8) is 0 Å². The van der Waals surface area contributed by atoms with E-state index in [0.29, 0.717) is 0 Å². The predicted octanol–water partition coefficient (Wildman–Crippen LogP) is 5.71. The van der Waals surface area contributed by atoms with E-state index in [-0.39, 0.29) is 0 Å². The molecule has 0 aliphatic heterocycles. The smallest absolute Gasteiger partial charge is 0.0572 e. The van der Waals surface area contributed by atoms with Crippen LogP contribution in [-0.4, -0.2) is 4.57 Å². The Morgan fingerprint density at radius 3 is 2.18 bits per heavy atom. The van der Waals surface area contributed by atoms with E-state index in [0.717, 1.165) is 0 Å². The summed E-state index contributed by atoms with van der Waals surface area (Å²) in [5, 5.41) is 2.66. The fourth-order valence-electron chi connectivity index (χ4n) is 3.39. The van der Waals surface area contributed by atoms with Gasteiger partial charge in [0.05, 0.1) is 11.0 Å². The van der Waals surface area contributed by atoms with Gasteiger partial charge in [-0.1, -0.05) is 48.5 Å². The fourth-order valence-corrected chi connectivity index (χ4v) is 3.39. The van der Waals surface area contributed by atoms with Crippen molar-refractivity contribution in [2.75, 3.05) is 0 Å². The Kier molecular flexibility index (Phi) is 2.83. The number of rotatable bonds is 1. The second-order valence-electron chi connectivity index (χ2n) is 6.04. The molecule has 0 bridgehead atoms. The molecule has 0 saturated carbocycles. The Labute approximate surface area is 130 Å². The molecule has 4 rings (SSSR count). The normalized spacial score (nSPS) is 11.4. The first kappa shape index (κ1) is 13.1. The van der Waals surface area contributed by atoms with E-state index in [4.69, 9.17) is 0 Å². The molecule has 3 aromatic carbocycles. The molecule has 1 nitrogen and oxygen atoms in total. The largest absolute Gasteiger partial charge is 0.309 e. The highest BCUT2D eigenvalue weighted by Gasteiger charge is 2.15. The fraction of sp³-hybridized carbons (Fsp3) is 0.143. The topological polar surface area (TPSA) is 4.93 Å². The Bertz CT molecular complexity index is 1010. The van der Waals surface area contributed by atoms with Crippen LogP contribution in [0.15, 0.2) is 60.7 Å². The molecule has 0 aliphatic carbocycles. The Balaban J connectivity index is 2.29. The molecular weight excluding hydrogens is 266 g/mol. The third-order valence-corrected chi connectivity index (χ3v) is 4.72. The van der Waals surface area contributed by atoms with Gasteiger partial charge >= 0.3 is 0 Å². The van der Waals surface area contributed by atoms with Crippen LogP contribution in [0.2, 0.25) is 0 Å². The van der Waals surface area contributed by atoms with Gasteiger partial charge in [-0.2, -0.15) is 0 Å². The summed E-state index contributed by atoms with van der Waals surface area (Å²) in [7, 11) is 0. The minimum absolute atomic E-state index is 1.27. The lowest BCUT2D eigenvalue weighted by Crippen LogP contribution is -1.98. The van der Waals surface area contributed by atoms with Crippen LogP contribution in [0.4, 0.5) is 0 Å². The molecule has 0 N–H and O–H groups in total. The summed E-state index contributed by atoms with van der Waals surface area (Å²) in [6, 6.07) is 21.8. The van der Waals surface area contributed by atoms with Crippen molar-refractivity contribution in [2.24, 2.45) is 0 Å². The molecule has 0 aliphatic rings. The zero-order valence-corrected chi connectivity index (χ0v) is 13.2. The van der Waals surface area contributed by atoms with Crippen molar-refractivity contribution in [3.8, 4) is 5.69 Å². The molecule has 1 aromatic heterocycles. The zero-order valence-electron chi connectivity index (χ0n) is 13.2. The molecule has 0 spiro atoms. The first-order valence-electron chi connectivity index (χ1n) is 7.74. The maximum Gasteiger partial charge on any atom is 0.0572 e. The maximum absolute atomic E-state index is 2.42. The minimum Gasteiger partial charge on any atom is -0.309 e. The van der Waals surface area contributed by atoms with E-state index in [1.807, 2.05) is 0 Å². The molecule has 1 heterocycles. The van der Waals surface area contributed by atoms with Gasteiger partial charge in [0.2, 0.25) is 0 Å². The average molecular weight is 285 g/mol. The predicted molar refractivity (Wildman–Crippen MR) is 95.0 cm³/mol. The van der Waals surface area contributed by atoms with Crippen LogP contribution in [0.1, 0.15) is 16.7 Å². The van der Waals surface area contributed by atoms with Crippen molar-refractivity contribution in [3.05, 3.63) is 77.4 Å². The summed E-state index contributed by atoms with van der Waals surface area (Å²) in [6.07, 6.45) is 0. The van der Waals surface area contributed by atoms with Gasteiger partial charge in [-0.05, 0) is 49.6 Å². The van der Waals surface area contributed by atoms with Crippen LogP contribution >= 0.6 is 0 Å². The molecule has 0 saturated heterocycles. The number of aromatic nitrogens is 1. The van der Waals surface area contributed by atoms with Crippen LogP contribution in [0.5, 0.6) is 0 Å². The van der Waals surface area contributed by atoms with Crippen LogP contribution in [0.3, 0.4) is 0 Å². The molecule has 0 fully saturated rings. The van der Waals surface area contributed by atoms with E-state index < -0.39 is 0 Å². The van der Waals surface area contributed by atoms with E-state index in [1.165, 1.54) is 44.2 Å². The van der Waals surface area contributed by atoms with Gasteiger partial charge in [-0.3, -0.25) is 0 Å². The number of benzene rings is 3. The maximum atomic E-state index is 2.42. The van der Waals surface area contributed by atoms with Gasteiger partial charge < -0.3 is 4.57 Å². The second-order valence-corrected chi connectivity index (χ2v) is 6.04. The van der Waals surface area contributed by atoms with Crippen molar-refractivity contribution in [1.82, 2.24) is 4.57 Å². The zero-order chi connectivity index (χ0) is 15.3. The third kappa shape index (κ3) is 1.72. The quantitative estimate of drug-likeness (QED) is 0.422. The summed E-state index contributed by atoms with van der Waals surface area (Å²) < 4.78 is 2.42. The van der Waals surface area contributed by atoms with Gasteiger partial charge in [-0.25, -0.2) is 0 Å². The highest BCUT2D eigenvalue weighted by atomic mass is 15.0. The lowest BCUT2D eigenvalue weighted by Gasteiger charge is -2.13. The summed E-state index contributed by atoms with van der Waals surface area (Å²) in [5.74, 6) is 0. The lowest BCUT2D eigenvalue weighted by molar-refractivity contribution is 1.13. The number of nitrogens with zero attached hydrogens (tertiary/aromatic N) is 1. The lowest BCUT2D eigenvalue weighted by atomic mass is 10.0. The Morgan fingerprint density at radius 1 is 0.636 bits per heavy atom. The molecule has 1 heteroatoms. The van der Waals surface area contributed by atoms with Crippen LogP contribution < -0.4 is 0 Å². The minimum atomic E-state index is 1.27. The van der Waals surface area contributed by atoms with Gasteiger partial charge in [0.25, 0.3) is 0 Å². The van der Waals surface area contributed by atoms with Crippen molar-refractivity contribution >= 4 is 21.8 Å². The highest BCUT2D eigenvalue weighted by Crippen LogP contribution is 2.35. The first-order chi connectivity index (χ1) is 10.7. The number of hydrogen-bond acceptors (Lipinski definition) is 0. The summed E-state index contributed by atoms with van der Waals surface area (Å²) in [5.41, 5.74) is 7.87. The molecule has 0 unspecified atom stereocenters. The van der Waals surface area contributed by atoms with E-state index in [2.05, 4.69) is 86.0 Å². The molecule has 22 heavy (non-hydrogen) atoms. The second kappa shape index (κ2) is 4.74. The van der Waals surface area contributed by atoms with Crippen molar-refractivity contribution in [1.29, 1.82) is 0 Å². The summed E-state index contributed by atoms with van der Waals surface area (Å²) in [6.45, 7) is 6.60. The molecule has 0 amide bonds. The van der Waals surface area contributed by atoms with Crippen molar-refractivity contribution < 1.29 is 0 Å². The van der Waals surface area contributed by atoms with E-state index in [1.54, 1.807) is 0 Å². The molecule has 0 radical (unpaired) electrons. The highest BCUT2D eigenvalue weighted by molar-refractivity contribution is 6.10. The van der Waals surface area contributed by atoms with Crippen molar-refractivity contribution in [2.45, 2.75) is 20.8 Å². The molecule has 0 atom stereocenters. The van der Waals surface area contributed by atoms with E-state index >= 15 is 0 Å². The standard InChI is InChI=1S/C21H19N/c1-14-12-13-18-17-9-5-7-11-20(17)22(21(18)16(14)3)19-10-6-4-8-15(19)2/h4-13H,1-3H3. The molecule has 108 valence electrons. The monoisotopic (exact) mass is 285 g/mol. The van der Waals surface area contributed by atoms with Crippen LogP contribution in [0.25, 0.3) is 27.5 Å². The first-order valence-corrected chi connectivity index (χ1v) is 7.74. The summed E-state index contributed by atoms with van der Waals surface area (Å²) in [4.78, 5) is 0. The summed E-state index contributed by atoms with van der Waals surface area (Å²) >= 11 is 0. The third-order valence-electron chi connectivity index (χ3n) is 4.72.